The first-order valence-electron chi connectivity index (χ1n) is 3.49. The Morgan fingerprint density at radius 2 is 2.33 bits per heavy atom. The molecule has 0 saturated carbocycles. The molecule has 0 saturated heterocycles. The summed E-state index contributed by atoms with van der Waals surface area (Å²) in [7, 11) is 3.65. The Balaban J connectivity index is 2.95. The summed E-state index contributed by atoms with van der Waals surface area (Å²) in [6.45, 7) is 6.92. The van der Waals surface area contributed by atoms with Gasteiger partial charge in [-0.2, -0.15) is 7.05 Å². The fourth-order valence-electron chi connectivity index (χ4n) is 0.672. The van der Waals surface area contributed by atoms with E-state index in [4.69, 9.17) is 4.74 Å². The summed E-state index contributed by atoms with van der Waals surface area (Å²) in [4.78, 5) is 0. The number of rotatable bonds is 5. The van der Waals surface area contributed by atoms with E-state index >= 15 is 0 Å². The van der Waals surface area contributed by atoms with Gasteiger partial charge in [-0.1, -0.05) is 6.92 Å². The molecule has 0 rings (SSSR count). The van der Waals surface area contributed by atoms with Gasteiger partial charge in [0.25, 0.3) is 0 Å². The molecule has 0 aromatic heterocycles. The summed E-state index contributed by atoms with van der Waals surface area (Å²) >= 11 is 0. The van der Waals surface area contributed by atoms with Crippen LogP contribution >= 0.6 is 0 Å². The molecule has 0 aliphatic carbocycles. The number of ether oxygens (including phenoxy) is 1. The zero-order valence-corrected chi connectivity index (χ0v) is 6.39. The fourth-order valence-corrected chi connectivity index (χ4v) is 0.672. The summed E-state index contributed by atoms with van der Waals surface area (Å²) < 4.78 is 5.20. The number of hydrogen-bond donors (Lipinski definition) is 1. The van der Waals surface area contributed by atoms with Gasteiger partial charge < -0.3 is 10.1 Å². The van der Waals surface area contributed by atoms with Gasteiger partial charge >= 0.3 is 0 Å². The van der Waals surface area contributed by atoms with Crippen LogP contribution in [0.15, 0.2) is 0 Å². The van der Waals surface area contributed by atoms with E-state index < -0.39 is 0 Å². The van der Waals surface area contributed by atoms with Crippen molar-refractivity contribution in [2.24, 2.45) is 5.92 Å². The van der Waals surface area contributed by atoms with E-state index in [9.17, 15) is 0 Å². The topological polar surface area (TPSA) is 25.8 Å². The molecule has 0 heterocycles. The van der Waals surface area contributed by atoms with Crippen molar-refractivity contribution in [2.75, 3.05) is 19.8 Å². The highest BCUT2D eigenvalue weighted by molar-refractivity contribution is 4.44. The standard InChI is InChI=1S/C7H17NO/c1-4-9-6-7(2)5-8-3/h7H,3-6,8H2,1-2H3. The van der Waals surface area contributed by atoms with Crippen LogP contribution in [0.2, 0.25) is 0 Å². The predicted molar refractivity (Wildman–Crippen MR) is 37.8 cm³/mol. The van der Waals surface area contributed by atoms with Crippen molar-refractivity contribution in [3.05, 3.63) is 7.05 Å². The number of quaternary nitrogens is 1. The Morgan fingerprint density at radius 3 is 2.78 bits per heavy atom. The van der Waals surface area contributed by atoms with Crippen LogP contribution in [0.1, 0.15) is 13.8 Å². The molecule has 2 heteroatoms. The molecule has 0 aliphatic heterocycles. The van der Waals surface area contributed by atoms with Crippen molar-refractivity contribution in [3.63, 3.8) is 0 Å². The smallest absolute Gasteiger partial charge is 0.0563 e. The molecule has 1 unspecified atom stereocenters. The van der Waals surface area contributed by atoms with Crippen LogP contribution in [0, 0.1) is 13.0 Å². The van der Waals surface area contributed by atoms with Gasteiger partial charge in [0, 0.05) is 12.5 Å². The second-order valence-electron chi connectivity index (χ2n) is 2.29. The molecule has 0 aliphatic rings. The first-order valence-corrected chi connectivity index (χ1v) is 3.49. The highest BCUT2D eigenvalue weighted by Crippen LogP contribution is 1.89. The first kappa shape index (κ1) is 8.92. The van der Waals surface area contributed by atoms with Crippen LogP contribution in [0.25, 0.3) is 0 Å². The molecule has 0 aromatic carbocycles. The minimum Gasteiger partial charge on any atom is -0.479 e. The minimum atomic E-state index is 0.627. The van der Waals surface area contributed by atoms with Crippen molar-refractivity contribution in [3.8, 4) is 0 Å². The van der Waals surface area contributed by atoms with Crippen molar-refractivity contribution in [1.82, 2.24) is 0 Å². The monoisotopic (exact) mass is 131 g/mol. The lowest BCUT2D eigenvalue weighted by atomic mass is 10.2. The quantitative estimate of drug-likeness (QED) is 0.523. The van der Waals surface area contributed by atoms with E-state index in [0.29, 0.717) is 5.92 Å². The molecule has 0 fully saturated rings. The fraction of sp³-hybridized carbons (Fsp3) is 0.857. The van der Waals surface area contributed by atoms with Crippen LogP contribution < -0.4 is 5.32 Å². The maximum Gasteiger partial charge on any atom is 0.0563 e. The lowest BCUT2D eigenvalue weighted by molar-refractivity contribution is -0.602. The van der Waals surface area contributed by atoms with Gasteiger partial charge in [0.05, 0.1) is 13.2 Å². The lowest BCUT2D eigenvalue weighted by Gasteiger charge is -2.09. The third-order valence-corrected chi connectivity index (χ3v) is 1.18. The van der Waals surface area contributed by atoms with E-state index in [2.05, 4.69) is 14.0 Å². The molecule has 0 spiro atoms. The van der Waals surface area contributed by atoms with E-state index in [1.54, 1.807) is 0 Å². The van der Waals surface area contributed by atoms with Crippen molar-refractivity contribution >= 4 is 0 Å². The second-order valence-corrected chi connectivity index (χ2v) is 2.29. The average molecular weight is 131 g/mol. The minimum absolute atomic E-state index is 0.627. The molecule has 0 amide bonds. The van der Waals surface area contributed by atoms with Gasteiger partial charge in [0.2, 0.25) is 0 Å². The second kappa shape index (κ2) is 6.05. The van der Waals surface area contributed by atoms with Gasteiger partial charge in [0.1, 0.15) is 0 Å². The molecule has 2 nitrogen and oxygen atoms in total. The third kappa shape index (κ3) is 5.80. The largest absolute Gasteiger partial charge is 0.479 e. The molecule has 2 N–H and O–H groups in total. The van der Waals surface area contributed by atoms with E-state index in [0.717, 1.165) is 19.8 Å². The Labute approximate surface area is 57.6 Å². The Bertz CT molecular complexity index is 56.9. The summed E-state index contributed by atoms with van der Waals surface area (Å²) in [6.07, 6.45) is 0. The average Bonchev–Trinajstić information content (AvgIpc) is 1.85. The van der Waals surface area contributed by atoms with Crippen LogP contribution in [0.3, 0.4) is 0 Å². The highest BCUT2D eigenvalue weighted by Gasteiger charge is 1.98. The van der Waals surface area contributed by atoms with E-state index in [1.807, 2.05) is 12.2 Å². The normalized spacial score (nSPS) is 13.7. The Morgan fingerprint density at radius 1 is 1.67 bits per heavy atom. The Kier molecular flexibility index (Phi) is 5.99. The van der Waals surface area contributed by atoms with Crippen LogP contribution in [0.5, 0.6) is 0 Å². The maximum atomic E-state index is 5.20. The summed E-state index contributed by atoms with van der Waals surface area (Å²) in [5.74, 6) is 0.627. The first-order chi connectivity index (χ1) is 4.31. The van der Waals surface area contributed by atoms with Crippen LogP contribution in [0.4, 0.5) is 0 Å². The van der Waals surface area contributed by atoms with Crippen molar-refractivity contribution in [2.45, 2.75) is 13.8 Å². The maximum absolute atomic E-state index is 5.20. The molecule has 1 atom stereocenters. The molecule has 56 valence electrons. The van der Waals surface area contributed by atoms with Gasteiger partial charge in [-0.25, -0.2) is 0 Å². The zero-order chi connectivity index (χ0) is 7.11. The molecular weight excluding hydrogens is 114 g/mol. The summed E-state index contributed by atoms with van der Waals surface area (Å²) in [5.41, 5.74) is 0. The van der Waals surface area contributed by atoms with Crippen LogP contribution in [-0.4, -0.2) is 19.8 Å². The SMILES string of the molecule is [CH2-][NH2+]CC(C)COCC. The zero-order valence-electron chi connectivity index (χ0n) is 6.39. The molecule has 0 radical (unpaired) electrons. The van der Waals surface area contributed by atoms with Gasteiger partial charge in [-0.3, -0.25) is 0 Å². The van der Waals surface area contributed by atoms with Gasteiger partial charge in [-0.05, 0) is 6.92 Å². The van der Waals surface area contributed by atoms with Crippen LogP contribution in [-0.2, 0) is 4.74 Å². The molecule has 9 heavy (non-hydrogen) atoms. The van der Waals surface area contributed by atoms with E-state index in [1.165, 1.54) is 0 Å². The molecule has 0 bridgehead atoms. The molecular formula is C7H17NO. The highest BCUT2D eigenvalue weighted by atomic mass is 16.5. The lowest BCUT2D eigenvalue weighted by Crippen LogP contribution is -2.78. The summed E-state index contributed by atoms with van der Waals surface area (Å²) in [6, 6.07) is 0. The Hall–Kier alpha value is -0.0800. The summed E-state index contributed by atoms with van der Waals surface area (Å²) in [5, 5.41) is 1.93. The number of hydrogen-bond acceptors (Lipinski definition) is 1. The van der Waals surface area contributed by atoms with Crippen molar-refractivity contribution in [1.29, 1.82) is 0 Å². The molecule has 0 aromatic rings. The van der Waals surface area contributed by atoms with E-state index in [-0.39, 0.29) is 0 Å². The predicted octanol–water partition coefficient (Wildman–Crippen LogP) is 0.0140. The van der Waals surface area contributed by atoms with Gasteiger partial charge in [0.15, 0.2) is 0 Å². The number of nitrogens with two attached hydrogens (primary N) is 1. The third-order valence-electron chi connectivity index (χ3n) is 1.18. The van der Waals surface area contributed by atoms with Crippen molar-refractivity contribution < 1.29 is 10.1 Å². The van der Waals surface area contributed by atoms with Gasteiger partial charge in [-0.15, -0.1) is 0 Å².